The highest BCUT2D eigenvalue weighted by Crippen LogP contribution is 2.35. The monoisotopic (exact) mass is 482 g/mol. The van der Waals surface area contributed by atoms with E-state index in [1.165, 1.54) is 11.1 Å². The lowest BCUT2D eigenvalue weighted by atomic mass is 9.83. The molecule has 4 aromatic rings. The second-order valence-electron chi connectivity index (χ2n) is 9.81. The van der Waals surface area contributed by atoms with Crippen LogP contribution in [0.4, 0.5) is 0 Å². The Labute approximate surface area is 210 Å². The summed E-state index contributed by atoms with van der Waals surface area (Å²) in [6, 6.07) is 16.0. The molecular weight excluding hydrogens is 452 g/mol. The quantitative estimate of drug-likeness (QED) is 0.446. The smallest absolute Gasteiger partial charge is 0.304 e. The van der Waals surface area contributed by atoms with Crippen LogP contribution in [-0.4, -0.2) is 43.4 Å². The van der Waals surface area contributed by atoms with E-state index in [1.807, 2.05) is 69.1 Å². The second-order valence-corrected chi connectivity index (χ2v) is 9.81. The zero-order valence-corrected chi connectivity index (χ0v) is 21.1. The molecule has 36 heavy (non-hydrogen) atoms. The van der Waals surface area contributed by atoms with Crippen LogP contribution in [0, 0.1) is 20.8 Å². The number of carbonyl (C=O) groups is 2. The zero-order valence-electron chi connectivity index (χ0n) is 21.1. The van der Waals surface area contributed by atoms with Gasteiger partial charge in [0.05, 0.1) is 11.9 Å². The molecule has 0 bridgehead atoms. The van der Waals surface area contributed by atoms with E-state index in [-0.39, 0.29) is 18.2 Å². The first kappa shape index (κ1) is 23.7. The molecule has 0 saturated carbocycles. The van der Waals surface area contributed by atoms with Crippen molar-refractivity contribution in [2.75, 3.05) is 6.54 Å². The first-order valence-corrected chi connectivity index (χ1v) is 12.2. The Morgan fingerprint density at radius 2 is 1.81 bits per heavy atom. The molecule has 7 nitrogen and oxygen atoms in total. The summed E-state index contributed by atoms with van der Waals surface area (Å²) in [7, 11) is 1.84. The lowest BCUT2D eigenvalue weighted by molar-refractivity contribution is -0.137. The fourth-order valence-corrected chi connectivity index (χ4v) is 5.23. The number of amides is 1. The number of aliphatic carboxylic acids is 1. The Morgan fingerprint density at radius 3 is 2.56 bits per heavy atom. The second kappa shape index (κ2) is 9.22. The van der Waals surface area contributed by atoms with Crippen molar-refractivity contribution in [3.63, 3.8) is 0 Å². The van der Waals surface area contributed by atoms with Crippen LogP contribution in [-0.2, 0) is 24.8 Å². The van der Waals surface area contributed by atoms with Gasteiger partial charge in [-0.15, -0.1) is 5.10 Å². The third kappa shape index (κ3) is 4.26. The standard InChI is InChI=1S/C29H30N4O3/c1-17-5-6-22(13-18(17)2)29(36)33-12-11-20-7-8-21(14-23(20)16-33)25(15-27(34)35)24-9-10-26-28(19(24)3)30-31-32(26)4/h5-10,13-14,25H,11-12,15-16H2,1-4H3,(H,34,35)/t25-/m1/s1. The number of aryl methyl sites for hydroxylation is 4. The van der Waals surface area contributed by atoms with Gasteiger partial charge >= 0.3 is 5.97 Å². The molecule has 0 spiro atoms. The molecule has 1 aliphatic rings. The van der Waals surface area contributed by atoms with Gasteiger partial charge in [-0.3, -0.25) is 9.59 Å². The third-order valence-corrected chi connectivity index (χ3v) is 7.52. The van der Waals surface area contributed by atoms with E-state index in [9.17, 15) is 14.7 Å². The van der Waals surface area contributed by atoms with Gasteiger partial charge in [0.25, 0.3) is 5.91 Å². The molecule has 0 aliphatic carbocycles. The lowest BCUT2D eigenvalue weighted by Crippen LogP contribution is -2.36. The number of fused-ring (bicyclic) bond motifs is 2. The highest BCUT2D eigenvalue weighted by Gasteiger charge is 2.26. The molecule has 1 N–H and O–H groups in total. The zero-order chi connectivity index (χ0) is 25.6. The molecule has 1 atom stereocenters. The van der Waals surface area contributed by atoms with E-state index in [0.717, 1.165) is 45.3 Å². The van der Waals surface area contributed by atoms with Gasteiger partial charge in [0.15, 0.2) is 0 Å². The Hall–Kier alpha value is -4.00. The number of nitrogens with zero attached hydrogens (tertiary/aromatic N) is 4. The fourth-order valence-electron chi connectivity index (χ4n) is 5.23. The first-order valence-electron chi connectivity index (χ1n) is 12.2. The molecule has 1 aromatic heterocycles. The number of hydrogen-bond donors (Lipinski definition) is 1. The summed E-state index contributed by atoms with van der Waals surface area (Å²) < 4.78 is 1.72. The molecule has 0 radical (unpaired) electrons. The molecule has 184 valence electrons. The van der Waals surface area contributed by atoms with E-state index >= 15 is 0 Å². The number of benzene rings is 3. The Bertz CT molecular complexity index is 1500. The first-order chi connectivity index (χ1) is 17.2. The van der Waals surface area contributed by atoms with Gasteiger partial charge < -0.3 is 10.0 Å². The Kier molecular flexibility index (Phi) is 6.08. The van der Waals surface area contributed by atoms with Crippen LogP contribution in [0.3, 0.4) is 0 Å². The molecule has 0 fully saturated rings. The summed E-state index contributed by atoms with van der Waals surface area (Å²) in [5, 5.41) is 18.2. The highest BCUT2D eigenvalue weighted by molar-refractivity contribution is 5.94. The van der Waals surface area contributed by atoms with Crippen molar-refractivity contribution in [2.45, 2.75) is 46.1 Å². The van der Waals surface area contributed by atoms with E-state index in [0.29, 0.717) is 18.7 Å². The van der Waals surface area contributed by atoms with Gasteiger partial charge in [-0.05, 0) is 84.3 Å². The average Bonchev–Trinajstić information content (AvgIpc) is 3.25. The normalized spacial score (nSPS) is 14.1. The SMILES string of the molecule is Cc1ccc(C(=O)N2CCc3ccc([C@@H](CC(=O)O)c4ccc5c(nnn5C)c4C)cc3C2)cc1C. The summed E-state index contributed by atoms with van der Waals surface area (Å²) in [5.41, 5.74) is 9.76. The van der Waals surface area contributed by atoms with E-state index in [2.05, 4.69) is 22.4 Å². The maximum absolute atomic E-state index is 13.3. The summed E-state index contributed by atoms with van der Waals surface area (Å²) in [6.07, 6.45) is 0.747. The largest absolute Gasteiger partial charge is 0.481 e. The van der Waals surface area contributed by atoms with E-state index in [4.69, 9.17) is 0 Å². The topological polar surface area (TPSA) is 88.3 Å². The van der Waals surface area contributed by atoms with Crippen molar-refractivity contribution in [3.8, 4) is 0 Å². The Balaban J connectivity index is 1.49. The third-order valence-electron chi connectivity index (χ3n) is 7.52. The highest BCUT2D eigenvalue weighted by atomic mass is 16.4. The summed E-state index contributed by atoms with van der Waals surface area (Å²) in [6.45, 7) is 7.21. The number of aromatic nitrogens is 3. The maximum atomic E-state index is 13.3. The van der Waals surface area contributed by atoms with Crippen LogP contribution in [0.1, 0.15) is 61.6 Å². The van der Waals surface area contributed by atoms with Crippen LogP contribution >= 0.6 is 0 Å². The van der Waals surface area contributed by atoms with E-state index in [1.54, 1.807) is 4.68 Å². The lowest BCUT2D eigenvalue weighted by Gasteiger charge is -2.30. The van der Waals surface area contributed by atoms with Gasteiger partial charge in [-0.25, -0.2) is 4.68 Å². The molecular formula is C29H30N4O3. The van der Waals surface area contributed by atoms with Crippen molar-refractivity contribution in [1.29, 1.82) is 0 Å². The molecule has 5 rings (SSSR count). The molecule has 2 heterocycles. The minimum Gasteiger partial charge on any atom is -0.481 e. The maximum Gasteiger partial charge on any atom is 0.304 e. The van der Waals surface area contributed by atoms with Gasteiger partial charge in [0, 0.05) is 31.6 Å². The number of carbonyl (C=O) groups excluding carboxylic acids is 1. The van der Waals surface area contributed by atoms with Crippen molar-refractivity contribution in [1.82, 2.24) is 19.9 Å². The molecule has 1 amide bonds. The van der Waals surface area contributed by atoms with Crippen molar-refractivity contribution >= 4 is 22.9 Å². The summed E-state index contributed by atoms with van der Waals surface area (Å²) in [4.78, 5) is 27.0. The minimum absolute atomic E-state index is 0.0280. The van der Waals surface area contributed by atoms with Gasteiger partial charge in [0.1, 0.15) is 5.52 Å². The molecule has 7 heteroatoms. The average molecular weight is 483 g/mol. The predicted octanol–water partition coefficient (Wildman–Crippen LogP) is 4.70. The summed E-state index contributed by atoms with van der Waals surface area (Å²) in [5.74, 6) is -1.16. The van der Waals surface area contributed by atoms with Crippen LogP contribution in [0.2, 0.25) is 0 Å². The van der Waals surface area contributed by atoms with Gasteiger partial charge in [-0.1, -0.05) is 35.5 Å². The number of hydrogen-bond acceptors (Lipinski definition) is 4. The molecule has 3 aromatic carbocycles. The predicted molar refractivity (Wildman–Crippen MR) is 138 cm³/mol. The molecule has 0 saturated heterocycles. The van der Waals surface area contributed by atoms with Crippen LogP contribution < -0.4 is 0 Å². The molecule has 1 aliphatic heterocycles. The van der Waals surface area contributed by atoms with Crippen LogP contribution in [0.25, 0.3) is 11.0 Å². The van der Waals surface area contributed by atoms with E-state index < -0.39 is 5.97 Å². The number of carboxylic acid groups (broad SMARTS) is 1. The van der Waals surface area contributed by atoms with Crippen LogP contribution in [0.15, 0.2) is 48.5 Å². The van der Waals surface area contributed by atoms with Crippen molar-refractivity contribution in [2.24, 2.45) is 7.05 Å². The van der Waals surface area contributed by atoms with Gasteiger partial charge in [0.2, 0.25) is 0 Å². The fraction of sp³-hybridized carbons (Fsp3) is 0.310. The Morgan fingerprint density at radius 1 is 1.00 bits per heavy atom. The summed E-state index contributed by atoms with van der Waals surface area (Å²) >= 11 is 0. The van der Waals surface area contributed by atoms with Crippen molar-refractivity contribution in [3.05, 3.63) is 93.0 Å². The minimum atomic E-state index is -0.858. The number of carboxylic acids is 1. The van der Waals surface area contributed by atoms with Crippen molar-refractivity contribution < 1.29 is 14.7 Å². The van der Waals surface area contributed by atoms with Crippen LogP contribution in [0.5, 0.6) is 0 Å². The number of rotatable bonds is 5. The van der Waals surface area contributed by atoms with Gasteiger partial charge in [-0.2, -0.15) is 0 Å². The molecule has 0 unspecified atom stereocenters.